The molecule has 102 valence electrons. The third-order valence-electron chi connectivity index (χ3n) is 3.71. The van der Waals surface area contributed by atoms with E-state index in [1.807, 2.05) is 16.8 Å². The first-order valence-electron chi connectivity index (χ1n) is 6.69. The van der Waals surface area contributed by atoms with Crippen LogP contribution in [0.25, 0.3) is 16.9 Å². The minimum absolute atomic E-state index is 0.869. The molecule has 3 heteroatoms. The molecule has 3 rings (SSSR count). The van der Waals surface area contributed by atoms with Gasteiger partial charge >= 0.3 is 0 Å². The van der Waals surface area contributed by atoms with Crippen LogP contribution in [0.5, 0.6) is 5.75 Å². The first-order valence-corrected chi connectivity index (χ1v) is 6.69. The number of benzene rings is 1. The van der Waals surface area contributed by atoms with E-state index in [0.29, 0.717) is 0 Å². The molecular formula is C17H18N2O. The summed E-state index contributed by atoms with van der Waals surface area (Å²) in [6.07, 6.45) is 4.08. The van der Waals surface area contributed by atoms with E-state index in [-0.39, 0.29) is 0 Å². The monoisotopic (exact) mass is 266 g/mol. The first-order chi connectivity index (χ1) is 9.58. The lowest BCUT2D eigenvalue weighted by Crippen LogP contribution is -1.91. The molecule has 0 unspecified atom stereocenters. The Morgan fingerprint density at radius 1 is 1.05 bits per heavy atom. The summed E-state index contributed by atoms with van der Waals surface area (Å²) in [6.45, 7) is 6.28. The molecule has 0 aliphatic carbocycles. The Kier molecular flexibility index (Phi) is 2.97. The highest BCUT2D eigenvalue weighted by Crippen LogP contribution is 2.32. The smallest absolute Gasteiger partial charge is 0.137 e. The second-order valence-corrected chi connectivity index (χ2v) is 5.23. The summed E-state index contributed by atoms with van der Waals surface area (Å²) in [5, 5.41) is 0. The lowest BCUT2D eigenvalue weighted by Gasteiger charge is -2.09. The maximum Gasteiger partial charge on any atom is 0.137 e. The van der Waals surface area contributed by atoms with E-state index in [0.717, 1.165) is 22.7 Å². The van der Waals surface area contributed by atoms with Crippen molar-refractivity contribution in [2.45, 2.75) is 20.8 Å². The maximum absolute atomic E-state index is 5.51. The Morgan fingerprint density at radius 2 is 1.80 bits per heavy atom. The predicted octanol–water partition coefficient (Wildman–Crippen LogP) is 3.94. The van der Waals surface area contributed by atoms with E-state index < -0.39 is 0 Å². The van der Waals surface area contributed by atoms with Crippen LogP contribution >= 0.6 is 0 Å². The first kappa shape index (κ1) is 12.7. The molecular weight excluding hydrogens is 248 g/mol. The SMILES string of the molecule is COc1cc(C)c(C)cc1-c1cn2ccc(C)cc2n1. The van der Waals surface area contributed by atoms with Gasteiger partial charge in [0.1, 0.15) is 11.4 Å². The fraction of sp³-hybridized carbons (Fsp3) is 0.235. The molecule has 0 radical (unpaired) electrons. The molecule has 3 aromatic rings. The zero-order valence-corrected chi connectivity index (χ0v) is 12.3. The average molecular weight is 266 g/mol. The van der Waals surface area contributed by atoms with Crippen LogP contribution < -0.4 is 4.74 Å². The molecule has 0 saturated heterocycles. The standard InChI is InChI=1S/C17H18N2O/c1-11-5-6-19-10-15(18-17(19)7-11)14-8-12(2)13(3)9-16(14)20-4/h5-10H,1-4H3. The van der Waals surface area contributed by atoms with Crippen molar-refractivity contribution in [2.24, 2.45) is 0 Å². The molecule has 0 atom stereocenters. The van der Waals surface area contributed by atoms with E-state index >= 15 is 0 Å². The van der Waals surface area contributed by atoms with Crippen molar-refractivity contribution >= 4 is 5.65 Å². The molecule has 0 saturated carbocycles. The molecule has 3 nitrogen and oxygen atoms in total. The van der Waals surface area contributed by atoms with Crippen LogP contribution in [0.4, 0.5) is 0 Å². The van der Waals surface area contributed by atoms with Gasteiger partial charge in [-0.3, -0.25) is 0 Å². The van der Waals surface area contributed by atoms with Crippen molar-refractivity contribution < 1.29 is 4.74 Å². The van der Waals surface area contributed by atoms with Crippen LogP contribution in [0.3, 0.4) is 0 Å². The van der Waals surface area contributed by atoms with Crippen LogP contribution in [0, 0.1) is 20.8 Å². The van der Waals surface area contributed by atoms with Crippen LogP contribution in [-0.2, 0) is 0 Å². The van der Waals surface area contributed by atoms with Gasteiger partial charge in [-0.15, -0.1) is 0 Å². The number of nitrogens with zero attached hydrogens (tertiary/aromatic N) is 2. The summed E-state index contributed by atoms with van der Waals surface area (Å²) in [6, 6.07) is 8.37. The van der Waals surface area contributed by atoms with Crippen molar-refractivity contribution in [1.29, 1.82) is 0 Å². The number of fused-ring (bicyclic) bond motifs is 1. The zero-order chi connectivity index (χ0) is 14.3. The predicted molar refractivity (Wildman–Crippen MR) is 81.4 cm³/mol. The van der Waals surface area contributed by atoms with E-state index in [1.54, 1.807) is 7.11 Å². The van der Waals surface area contributed by atoms with Crippen molar-refractivity contribution in [3.63, 3.8) is 0 Å². The summed E-state index contributed by atoms with van der Waals surface area (Å²) in [4.78, 5) is 4.71. The van der Waals surface area contributed by atoms with Gasteiger partial charge < -0.3 is 9.14 Å². The van der Waals surface area contributed by atoms with Gasteiger partial charge in [-0.05, 0) is 61.7 Å². The van der Waals surface area contributed by atoms with Gasteiger partial charge in [-0.2, -0.15) is 0 Å². The van der Waals surface area contributed by atoms with Crippen molar-refractivity contribution in [3.8, 4) is 17.0 Å². The van der Waals surface area contributed by atoms with Gasteiger partial charge in [-0.1, -0.05) is 0 Å². The normalized spacial score (nSPS) is 11.0. The van der Waals surface area contributed by atoms with Crippen molar-refractivity contribution in [1.82, 2.24) is 9.38 Å². The van der Waals surface area contributed by atoms with Gasteiger partial charge in [-0.25, -0.2) is 4.98 Å². The van der Waals surface area contributed by atoms with Crippen LogP contribution in [-0.4, -0.2) is 16.5 Å². The lowest BCUT2D eigenvalue weighted by molar-refractivity contribution is 0.416. The summed E-state index contributed by atoms with van der Waals surface area (Å²) < 4.78 is 7.54. The Morgan fingerprint density at radius 3 is 2.55 bits per heavy atom. The van der Waals surface area contributed by atoms with Crippen molar-refractivity contribution in [2.75, 3.05) is 7.11 Å². The molecule has 2 heterocycles. The minimum Gasteiger partial charge on any atom is -0.496 e. The number of aryl methyl sites for hydroxylation is 3. The fourth-order valence-corrected chi connectivity index (χ4v) is 2.37. The van der Waals surface area contributed by atoms with E-state index in [1.165, 1.54) is 16.7 Å². The summed E-state index contributed by atoms with van der Waals surface area (Å²) in [7, 11) is 1.70. The number of aromatic nitrogens is 2. The number of ether oxygens (including phenoxy) is 1. The third kappa shape index (κ3) is 2.05. The lowest BCUT2D eigenvalue weighted by atomic mass is 10.0. The number of rotatable bonds is 2. The Labute approximate surface area is 118 Å². The molecule has 2 aromatic heterocycles. The third-order valence-corrected chi connectivity index (χ3v) is 3.71. The highest BCUT2D eigenvalue weighted by atomic mass is 16.5. The van der Waals surface area contributed by atoms with E-state index in [9.17, 15) is 0 Å². The summed E-state index contributed by atoms with van der Waals surface area (Å²) in [5.74, 6) is 0.869. The number of hydrogen-bond acceptors (Lipinski definition) is 2. The molecule has 0 fully saturated rings. The molecule has 1 aromatic carbocycles. The number of hydrogen-bond donors (Lipinski definition) is 0. The molecule has 0 bridgehead atoms. The second-order valence-electron chi connectivity index (χ2n) is 5.23. The minimum atomic E-state index is 0.869. The van der Waals surface area contributed by atoms with Crippen LogP contribution in [0.1, 0.15) is 16.7 Å². The summed E-state index contributed by atoms with van der Waals surface area (Å²) in [5.41, 5.74) is 6.62. The number of methoxy groups -OCH3 is 1. The second kappa shape index (κ2) is 4.67. The number of imidazole rings is 1. The Balaban J connectivity index is 2.22. The van der Waals surface area contributed by atoms with E-state index in [4.69, 9.17) is 9.72 Å². The van der Waals surface area contributed by atoms with Gasteiger partial charge in [0.2, 0.25) is 0 Å². The van der Waals surface area contributed by atoms with Crippen LogP contribution in [0.2, 0.25) is 0 Å². The molecule has 0 aliphatic rings. The quantitative estimate of drug-likeness (QED) is 0.702. The molecule has 0 N–H and O–H groups in total. The molecule has 0 aliphatic heterocycles. The maximum atomic E-state index is 5.51. The molecule has 20 heavy (non-hydrogen) atoms. The van der Waals surface area contributed by atoms with Crippen molar-refractivity contribution in [3.05, 3.63) is 53.3 Å². The van der Waals surface area contributed by atoms with Gasteiger partial charge in [0.25, 0.3) is 0 Å². The Hall–Kier alpha value is -2.29. The summed E-state index contributed by atoms with van der Waals surface area (Å²) >= 11 is 0. The van der Waals surface area contributed by atoms with Crippen LogP contribution in [0.15, 0.2) is 36.7 Å². The Bertz CT molecular complexity index is 787. The fourth-order valence-electron chi connectivity index (χ4n) is 2.37. The highest BCUT2D eigenvalue weighted by molar-refractivity contribution is 5.71. The van der Waals surface area contributed by atoms with E-state index in [2.05, 4.69) is 45.0 Å². The van der Waals surface area contributed by atoms with Gasteiger partial charge in [0, 0.05) is 18.0 Å². The number of pyridine rings is 1. The highest BCUT2D eigenvalue weighted by Gasteiger charge is 2.11. The topological polar surface area (TPSA) is 26.5 Å². The largest absolute Gasteiger partial charge is 0.496 e. The zero-order valence-electron chi connectivity index (χ0n) is 12.3. The molecule has 0 spiro atoms. The molecule has 0 amide bonds. The van der Waals surface area contributed by atoms with Gasteiger partial charge in [0.15, 0.2) is 0 Å². The average Bonchev–Trinajstić information content (AvgIpc) is 2.84. The van der Waals surface area contributed by atoms with Gasteiger partial charge in [0.05, 0.1) is 12.8 Å².